The highest BCUT2D eigenvalue weighted by Crippen LogP contribution is 2.35. The third-order valence-corrected chi connectivity index (χ3v) is 4.87. The van der Waals surface area contributed by atoms with Crippen molar-refractivity contribution in [2.24, 2.45) is 5.92 Å². The molecule has 1 aliphatic rings. The van der Waals surface area contributed by atoms with Crippen molar-refractivity contribution in [3.63, 3.8) is 0 Å². The van der Waals surface area contributed by atoms with Crippen LogP contribution in [0.5, 0.6) is 0 Å². The lowest BCUT2D eigenvalue weighted by molar-refractivity contribution is -0.145. The zero-order chi connectivity index (χ0) is 15.4. The molecule has 0 aromatic carbocycles. The van der Waals surface area contributed by atoms with Gasteiger partial charge in [0.2, 0.25) is 5.91 Å². The van der Waals surface area contributed by atoms with E-state index in [-0.39, 0.29) is 17.8 Å². The van der Waals surface area contributed by atoms with E-state index in [2.05, 4.69) is 5.32 Å². The van der Waals surface area contributed by atoms with Crippen LogP contribution in [0.4, 0.5) is 0 Å². The maximum absolute atomic E-state index is 12.6. The van der Waals surface area contributed by atoms with Gasteiger partial charge in [-0.25, -0.2) is 4.79 Å². The van der Waals surface area contributed by atoms with Crippen LogP contribution >= 0.6 is 11.3 Å². The molecule has 1 aliphatic carbocycles. The van der Waals surface area contributed by atoms with Gasteiger partial charge >= 0.3 is 5.97 Å². The maximum Gasteiger partial charge on any atom is 0.328 e. The summed E-state index contributed by atoms with van der Waals surface area (Å²) in [5.74, 6) is -0.222. The summed E-state index contributed by atoms with van der Waals surface area (Å²) in [6.07, 6.45) is 3.54. The van der Waals surface area contributed by atoms with Crippen LogP contribution in [0.3, 0.4) is 0 Å². The molecule has 116 valence electrons. The molecular weight excluding hydrogens is 286 g/mol. The third kappa shape index (κ3) is 3.84. The molecule has 21 heavy (non-hydrogen) atoms. The predicted molar refractivity (Wildman–Crippen MR) is 83.4 cm³/mol. The van der Waals surface area contributed by atoms with E-state index in [4.69, 9.17) is 4.74 Å². The van der Waals surface area contributed by atoms with E-state index in [1.165, 1.54) is 12.0 Å². The quantitative estimate of drug-likeness (QED) is 0.851. The van der Waals surface area contributed by atoms with Crippen molar-refractivity contribution in [2.75, 3.05) is 7.11 Å². The maximum atomic E-state index is 12.6. The first-order valence-electron chi connectivity index (χ1n) is 7.47. The fourth-order valence-electron chi connectivity index (χ4n) is 2.86. The number of aryl methyl sites for hydroxylation is 1. The number of hydrogen-bond donors (Lipinski definition) is 1. The Morgan fingerprint density at radius 1 is 1.48 bits per heavy atom. The first-order chi connectivity index (χ1) is 10.0. The molecule has 0 fully saturated rings. The Kier molecular flexibility index (Phi) is 5.39. The molecule has 1 aromatic rings. The van der Waals surface area contributed by atoms with Gasteiger partial charge in [-0.05, 0) is 48.6 Å². The van der Waals surface area contributed by atoms with E-state index in [1.54, 1.807) is 11.3 Å². The van der Waals surface area contributed by atoms with Gasteiger partial charge in [-0.2, -0.15) is 0 Å². The summed E-state index contributed by atoms with van der Waals surface area (Å²) in [6, 6.07) is 1.49. The topological polar surface area (TPSA) is 55.4 Å². The van der Waals surface area contributed by atoms with E-state index in [0.29, 0.717) is 12.3 Å². The van der Waals surface area contributed by atoms with E-state index >= 15 is 0 Å². The van der Waals surface area contributed by atoms with Gasteiger partial charge in [-0.15, -0.1) is 11.3 Å². The summed E-state index contributed by atoms with van der Waals surface area (Å²) >= 11 is 1.72. The molecular formula is C16H23NO3S. The van der Waals surface area contributed by atoms with E-state index in [1.807, 2.05) is 25.3 Å². The Labute approximate surface area is 129 Å². The van der Waals surface area contributed by atoms with Gasteiger partial charge in [0.1, 0.15) is 6.04 Å². The Balaban J connectivity index is 2.08. The molecule has 0 aliphatic heterocycles. The molecule has 0 saturated heterocycles. The summed E-state index contributed by atoms with van der Waals surface area (Å²) in [5.41, 5.74) is 1.14. The molecule has 1 amide bonds. The van der Waals surface area contributed by atoms with E-state index in [0.717, 1.165) is 24.8 Å². The second-order valence-electron chi connectivity index (χ2n) is 5.96. The summed E-state index contributed by atoms with van der Waals surface area (Å²) in [7, 11) is 1.36. The number of fused-ring (bicyclic) bond motifs is 1. The monoisotopic (exact) mass is 309 g/mol. The molecule has 0 bridgehead atoms. The number of thiophene rings is 1. The van der Waals surface area contributed by atoms with Crippen molar-refractivity contribution in [3.05, 3.63) is 21.9 Å². The van der Waals surface area contributed by atoms with Gasteiger partial charge in [-0.1, -0.05) is 13.8 Å². The lowest BCUT2D eigenvalue weighted by atomic mass is 9.87. The van der Waals surface area contributed by atoms with Crippen molar-refractivity contribution < 1.29 is 14.3 Å². The van der Waals surface area contributed by atoms with Gasteiger partial charge in [0.25, 0.3) is 0 Å². The lowest BCUT2D eigenvalue weighted by Gasteiger charge is -2.25. The first kappa shape index (κ1) is 16.0. The lowest BCUT2D eigenvalue weighted by Crippen LogP contribution is -2.44. The molecule has 4 nitrogen and oxygen atoms in total. The Morgan fingerprint density at radius 2 is 2.24 bits per heavy atom. The Morgan fingerprint density at radius 3 is 2.90 bits per heavy atom. The van der Waals surface area contributed by atoms with Gasteiger partial charge in [0.05, 0.1) is 13.0 Å². The highest BCUT2D eigenvalue weighted by atomic mass is 32.1. The zero-order valence-corrected chi connectivity index (χ0v) is 13.7. The number of ether oxygens (including phenoxy) is 1. The first-order valence-corrected chi connectivity index (χ1v) is 8.35. The minimum Gasteiger partial charge on any atom is -0.467 e. The highest BCUT2D eigenvalue weighted by molar-refractivity contribution is 7.10. The van der Waals surface area contributed by atoms with Gasteiger partial charge in [0, 0.05) is 4.88 Å². The predicted octanol–water partition coefficient (Wildman–Crippen LogP) is 2.87. The summed E-state index contributed by atoms with van der Waals surface area (Å²) in [5, 5.41) is 4.93. The largest absolute Gasteiger partial charge is 0.467 e. The van der Waals surface area contributed by atoms with Crippen LogP contribution < -0.4 is 5.32 Å². The van der Waals surface area contributed by atoms with Crippen molar-refractivity contribution in [1.82, 2.24) is 5.32 Å². The standard InChI is InChI=1S/C16H23NO3S/c1-10(2)9-13(16(19)20-3)17-15(18)12-5-4-6-14-11(12)7-8-21-14/h7-8,10,12-13H,4-6,9H2,1-3H3,(H,17,18). The molecule has 0 spiro atoms. The van der Waals surface area contributed by atoms with Crippen LogP contribution in [0.1, 0.15) is 49.5 Å². The minimum absolute atomic E-state index is 0.0506. The van der Waals surface area contributed by atoms with Crippen LogP contribution in [-0.4, -0.2) is 25.0 Å². The van der Waals surface area contributed by atoms with Crippen LogP contribution in [0.15, 0.2) is 11.4 Å². The van der Waals surface area contributed by atoms with Crippen LogP contribution in [-0.2, 0) is 20.7 Å². The van der Waals surface area contributed by atoms with Crippen LogP contribution in [0, 0.1) is 5.92 Å². The van der Waals surface area contributed by atoms with Crippen molar-refractivity contribution in [1.29, 1.82) is 0 Å². The fourth-order valence-corrected chi connectivity index (χ4v) is 3.85. The second-order valence-corrected chi connectivity index (χ2v) is 6.96. The molecule has 5 heteroatoms. The number of rotatable bonds is 5. The highest BCUT2D eigenvalue weighted by Gasteiger charge is 2.31. The Bertz CT molecular complexity index is 509. The van der Waals surface area contributed by atoms with Crippen molar-refractivity contribution >= 4 is 23.2 Å². The average molecular weight is 309 g/mol. The zero-order valence-electron chi connectivity index (χ0n) is 12.8. The molecule has 2 unspecified atom stereocenters. The molecule has 0 saturated carbocycles. The number of esters is 1. The average Bonchev–Trinajstić information content (AvgIpc) is 2.93. The normalized spacial score (nSPS) is 19.0. The fraction of sp³-hybridized carbons (Fsp3) is 0.625. The number of carbonyl (C=O) groups is 2. The summed E-state index contributed by atoms with van der Waals surface area (Å²) in [4.78, 5) is 25.7. The third-order valence-electron chi connectivity index (χ3n) is 3.88. The molecule has 2 rings (SSSR count). The SMILES string of the molecule is COC(=O)C(CC(C)C)NC(=O)C1CCCc2sccc21. The second kappa shape index (κ2) is 7.07. The molecule has 1 aromatic heterocycles. The smallest absolute Gasteiger partial charge is 0.328 e. The molecule has 1 heterocycles. The number of methoxy groups -OCH3 is 1. The van der Waals surface area contributed by atoms with Crippen molar-refractivity contribution in [3.8, 4) is 0 Å². The number of hydrogen-bond acceptors (Lipinski definition) is 4. The molecule has 2 atom stereocenters. The minimum atomic E-state index is -0.550. The van der Waals surface area contributed by atoms with Crippen LogP contribution in [0.25, 0.3) is 0 Å². The molecule has 0 radical (unpaired) electrons. The van der Waals surface area contributed by atoms with Crippen molar-refractivity contribution in [2.45, 2.75) is 51.5 Å². The number of carbonyl (C=O) groups excluding carboxylic acids is 2. The molecule has 1 N–H and O–H groups in total. The summed E-state index contributed by atoms with van der Waals surface area (Å²) < 4.78 is 4.80. The van der Waals surface area contributed by atoms with E-state index < -0.39 is 6.04 Å². The summed E-state index contributed by atoms with van der Waals surface area (Å²) in [6.45, 7) is 4.05. The van der Waals surface area contributed by atoms with Gasteiger partial charge in [-0.3, -0.25) is 4.79 Å². The van der Waals surface area contributed by atoms with Gasteiger partial charge in [0.15, 0.2) is 0 Å². The van der Waals surface area contributed by atoms with Crippen LogP contribution in [0.2, 0.25) is 0 Å². The Hall–Kier alpha value is -1.36. The number of nitrogens with one attached hydrogen (secondary N) is 1. The van der Waals surface area contributed by atoms with E-state index in [9.17, 15) is 9.59 Å². The number of amides is 1. The van der Waals surface area contributed by atoms with Gasteiger partial charge < -0.3 is 10.1 Å².